The van der Waals surface area contributed by atoms with E-state index in [0.29, 0.717) is 11.3 Å². The molecular weight excluding hydrogens is 278 g/mol. The van der Waals surface area contributed by atoms with Gasteiger partial charge in [0.25, 0.3) is 0 Å². The predicted molar refractivity (Wildman–Crippen MR) is 87.9 cm³/mol. The van der Waals surface area contributed by atoms with Crippen LogP contribution >= 0.6 is 0 Å². The zero-order valence-electron chi connectivity index (χ0n) is 12.4. The van der Waals surface area contributed by atoms with Crippen LogP contribution in [0, 0.1) is 6.92 Å². The molecule has 0 fully saturated rings. The maximum absolute atomic E-state index is 12.3. The zero-order valence-corrected chi connectivity index (χ0v) is 12.4. The summed E-state index contributed by atoms with van der Waals surface area (Å²) in [5.41, 5.74) is 5.42. The largest absolute Gasteiger partial charge is 0.410 e. The van der Waals surface area contributed by atoms with Crippen molar-refractivity contribution in [2.24, 2.45) is 10.3 Å². The van der Waals surface area contributed by atoms with Gasteiger partial charge in [0.1, 0.15) is 0 Å². The van der Waals surface area contributed by atoms with Gasteiger partial charge in [-0.2, -0.15) is 5.10 Å². The van der Waals surface area contributed by atoms with E-state index < -0.39 is 0 Å². The first-order valence-electron chi connectivity index (χ1n) is 6.81. The number of hydrogen-bond donors (Lipinski definition) is 2. The fraction of sp³-hybridized carbons (Fsp3) is 0.118. The van der Waals surface area contributed by atoms with Crippen molar-refractivity contribution in [3.63, 3.8) is 0 Å². The lowest BCUT2D eigenvalue weighted by Crippen LogP contribution is -2.23. The summed E-state index contributed by atoms with van der Waals surface area (Å²) in [5, 5.41) is 16.3. The summed E-state index contributed by atoms with van der Waals surface area (Å²) in [6.45, 7) is 3.60. The lowest BCUT2D eigenvalue weighted by Gasteiger charge is -2.05. The third-order valence-corrected chi connectivity index (χ3v) is 3.10. The Morgan fingerprint density at radius 3 is 2.27 bits per heavy atom. The number of nitrogens with one attached hydrogen (secondary N) is 1. The molecule has 0 aliphatic rings. The van der Waals surface area contributed by atoms with E-state index in [1.165, 1.54) is 0 Å². The molecule has 0 spiro atoms. The molecule has 0 bridgehead atoms. The second-order valence-corrected chi connectivity index (χ2v) is 4.82. The Morgan fingerprint density at radius 1 is 1.05 bits per heavy atom. The first-order valence-corrected chi connectivity index (χ1v) is 6.81. The molecule has 2 rings (SSSR count). The Labute approximate surface area is 129 Å². The Kier molecular flexibility index (Phi) is 5.03. The highest BCUT2D eigenvalue weighted by molar-refractivity contribution is 6.69. The van der Waals surface area contributed by atoms with Crippen LogP contribution in [0.2, 0.25) is 0 Å². The number of ketones is 1. The highest BCUT2D eigenvalue weighted by atomic mass is 16.4. The molecule has 0 unspecified atom stereocenters. The molecule has 2 aromatic carbocycles. The summed E-state index contributed by atoms with van der Waals surface area (Å²) in [5.74, 6) is -0.380. The number of carbonyl (C=O) groups is 1. The number of carbonyl (C=O) groups excluding carboxylic acids is 1. The van der Waals surface area contributed by atoms with Gasteiger partial charge < -0.3 is 5.21 Å². The highest BCUT2D eigenvalue weighted by Gasteiger charge is 2.17. The van der Waals surface area contributed by atoms with Crippen LogP contribution in [0.15, 0.2) is 64.9 Å². The standard InChI is InChI=1S/C17H17N3O2/c1-12-8-10-15(11-9-12)19-18-13(2)16(20-22)17(21)14-6-4-3-5-7-14/h3-11,19,22H,1-2H3/b18-13+,20-16+. The van der Waals surface area contributed by atoms with E-state index in [2.05, 4.69) is 15.7 Å². The lowest BCUT2D eigenvalue weighted by molar-refractivity contribution is 0.106. The van der Waals surface area contributed by atoms with Crippen LogP contribution in [0.5, 0.6) is 0 Å². The maximum Gasteiger partial charge on any atom is 0.216 e. The normalized spacial score (nSPS) is 12.1. The van der Waals surface area contributed by atoms with Crippen molar-refractivity contribution in [1.82, 2.24) is 0 Å². The number of hydrazone groups is 1. The van der Waals surface area contributed by atoms with Crippen LogP contribution in [-0.2, 0) is 0 Å². The number of rotatable bonds is 5. The van der Waals surface area contributed by atoms with Crippen molar-refractivity contribution < 1.29 is 10.0 Å². The van der Waals surface area contributed by atoms with Gasteiger partial charge in [-0.25, -0.2) is 0 Å². The number of Topliss-reactive ketones (excluding diaryl/α,β-unsaturated/α-hetero) is 1. The van der Waals surface area contributed by atoms with Gasteiger partial charge in [0.2, 0.25) is 5.78 Å². The van der Waals surface area contributed by atoms with E-state index in [1.807, 2.05) is 37.3 Å². The molecule has 2 aromatic rings. The third kappa shape index (κ3) is 3.79. The first kappa shape index (κ1) is 15.4. The maximum atomic E-state index is 12.3. The van der Waals surface area contributed by atoms with Gasteiger partial charge in [-0.05, 0) is 26.0 Å². The summed E-state index contributed by atoms with van der Waals surface area (Å²) in [6.07, 6.45) is 0. The SMILES string of the molecule is CC(=N\Nc1ccc(C)cc1)/C(=N\O)C(=O)c1ccccc1. The first-order chi connectivity index (χ1) is 10.6. The predicted octanol–water partition coefficient (Wildman–Crippen LogP) is 3.50. The quantitative estimate of drug-likeness (QED) is 0.384. The Bertz CT molecular complexity index is 704. The summed E-state index contributed by atoms with van der Waals surface area (Å²) < 4.78 is 0. The van der Waals surface area contributed by atoms with E-state index in [0.717, 1.165) is 11.3 Å². The third-order valence-electron chi connectivity index (χ3n) is 3.10. The van der Waals surface area contributed by atoms with E-state index in [4.69, 9.17) is 5.21 Å². The minimum atomic E-state index is -0.380. The van der Waals surface area contributed by atoms with Crippen molar-refractivity contribution in [3.05, 3.63) is 65.7 Å². The van der Waals surface area contributed by atoms with E-state index >= 15 is 0 Å². The molecule has 0 amide bonds. The Morgan fingerprint density at radius 2 is 1.68 bits per heavy atom. The van der Waals surface area contributed by atoms with Crippen molar-refractivity contribution in [1.29, 1.82) is 0 Å². The van der Waals surface area contributed by atoms with Crippen molar-refractivity contribution in [3.8, 4) is 0 Å². The van der Waals surface area contributed by atoms with Crippen molar-refractivity contribution >= 4 is 22.9 Å². The molecule has 22 heavy (non-hydrogen) atoms. The monoisotopic (exact) mass is 295 g/mol. The molecule has 0 saturated heterocycles. The number of aryl methyl sites for hydroxylation is 1. The van der Waals surface area contributed by atoms with Crippen LogP contribution in [0.1, 0.15) is 22.8 Å². The van der Waals surface area contributed by atoms with Gasteiger partial charge in [-0.15, -0.1) is 0 Å². The molecule has 0 aliphatic carbocycles. The molecule has 5 heteroatoms. The van der Waals surface area contributed by atoms with Crippen LogP contribution < -0.4 is 5.43 Å². The van der Waals surface area contributed by atoms with Gasteiger partial charge in [0, 0.05) is 5.56 Å². The summed E-state index contributed by atoms with van der Waals surface area (Å²) >= 11 is 0. The van der Waals surface area contributed by atoms with Crippen LogP contribution in [0.3, 0.4) is 0 Å². The lowest BCUT2D eigenvalue weighted by atomic mass is 10.0. The Balaban J connectivity index is 2.15. The van der Waals surface area contributed by atoms with E-state index in [1.54, 1.807) is 31.2 Å². The molecule has 0 aliphatic heterocycles. The summed E-state index contributed by atoms with van der Waals surface area (Å²) in [4.78, 5) is 12.3. The molecule has 0 aromatic heterocycles. The average molecular weight is 295 g/mol. The van der Waals surface area contributed by atoms with Gasteiger partial charge in [-0.3, -0.25) is 10.2 Å². The molecule has 0 saturated carbocycles. The molecular formula is C17H17N3O2. The van der Waals surface area contributed by atoms with Crippen molar-refractivity contribution in [2.75, 3.05) is 5.43 Å². The van der Waals surface area contributed by atoms with Gasteiger partial charge in [0.05, 0.1) is 11.4 Å². The molecule has 0 heterocycles. The van der Waals surface area contributed by atoms with E-state index in [-0.39, 0.29) is 11.5 Å². The Hall–Kier alpha value is -2.95. The average Bonchev–Trinajstić information content (AvgIpc) is 2.55. The van der Waals surface area contributed by atoms with Gasteiger partial charge in [-0.1, -0.05) is 53.2 Å². The number of benzene rings is 2. The van der Waals surface area contributed by atoms with Crippen LogP contribution in [0.25, 0.3) is 0 Å². The van der Waals surface area contributed by atoms with Crippen molar-refractivity contribution in [2.45, 2.75) is 13.8 Å². The fourth-order valence-electron chi connectivity index (χ4n) is 1.84. The molecule has 112 valence electrons. The van der Waals surface area contributed by atoms with E-state index in [9.17, 15) is 4.79 Å². The zero-order chi connectivity index (χ0) is 15.9. The molecule has 0 radical (unpaired) electrons. The summed E-state index contributed by atoms with van der Waals surface area (Å²) in [6, 6.07) is 16.3. The second kappa shape index (κ2) is 7.17. The number of anilines is 1. The number of nitrogens with zero attached hydrogens (tertiary/aromatic N) is 2. The number of hydrogen-bond acceptors (Lipinski definition) is 5. The minimum absolute atomic E-state index is 0.0918. The topological polar surface area (TPSA) is 74.1 Å². The minimum Gasteiger partial charge on any atom is -0.410 e. The van der Waals surface area contributed by atoms with Crippen LogP contribution in [0.4, 0.5) is 5.69 Å². The molecule has 5 nitrogen and oxygen atoms in total. The number of oxime groups is 1. The fourth-order valence-corrected chi connectivity index (χ4v) is 1.84. The second-order valence-electron chi connectivity index (χ2n) is 4.82. The highest BCUT2D eigenvalue weighted by Crippen LogP contribution is 2.09. The van der Waals surface area contributed by atoms with Crippen LogP contribution in [-0.4, -0.2) is 22.4 Å². The van der Waals surface area contributed by atoms with Gasteiger partial charge in [0.15, 0.2) is 5.71 Å². The summed E-state index contributed by atoms with van der Waals surface area (Å²) in [7, 11) is 0. The van der Waals surface area contributed by atoms with Gasteiger partial charge >= 0.3 is 0 Å². The molecule has 0 atom stereocenters. The molecule has 2 N–H and O–H groups in total. The smallest absolute Gasteiger partial charge is 0.216 e.